The van der Waals surface area contributed by atoms with Crippen molar-refractivity contribution in [3.05, 3.63) is 23.8 Å². The summed E-state index contributed by atoms with van der Waals surface area (Å²) in [6, 6.07) is 0. The summed E-state index contributed by atoms with van der Waals surface area (Å²) in [5.74, 6) is 4.42. The van der Waals surface area contributed by atoms with Gasteiger partial charge in [0.05, 0.1) is 0 Å². The molecule has 0 spiro atoms. The van der Waals surface area contributed by atoms with Crippen LogP contribution < -0.4 is 0 Å². The smallest absolute Gasteiger partial charge is 0.156 e. The molecule has 4 aliphatic carbocycles. The van der Waals surface area contributed by atoms with Crippen LogP contribution in [-0.4, -0.2) is 5.78 Å². The molecule has 0 amide bonds. The molecule has 6 atom stereocenters. The highest BCUT2D eigenvalue weighted by Gasteiger charge is 2.58. The van der Waals surface area contributed by atoms with Gasteiger partial charge in [-0.3, -0.25) is 4.79 Å². The molecule has 0 N–H and O–H groups in total. The van der Waals surface area contributed by atoms with Crippen LogP contribution in [0.1, 0.15) is 66.2 Å². The standard InChI is InChI=1S/C22H32O/c1-14(2)18-7-8-19-17-6-5-15-13-16(23)9-11-21(15,3)20(17)10-12-22(18,19)4/h5-6,13-14,17-20H,7-12H2,1-4H3/t17-,18+,19-,20-,21-,22+/m0/s1. The van der Waals surface area contributed by atoms with E-state index in [4.69, 9.17) is 0 Å². The third-order valence-corrected chi connectivity index (χ3v) is 8.39. The number of carbonyl (C=O) groups is 1. The van der Waals surface area contributed by atoms with Crippen LogP contribution in [0.2, 0.25) is 0 Å². The second kappa shape index (κ2) is 5.07. The summed E-state index contributed by atoms with van der Waals surface area (Å²) >= 11 is 0. The van der Waals surface area contributed by atoms with Crippen molar-refractivity contribution in [1.82, 2.24) is 0 Å². The Bertz CT molecular complexity index is 583. The maximum absolute atomic E-state index is 11.9. The first-order valence-corrected chi connectivity index (χ1v) is 9.79. The Morgan fingerprint density at radius 3 is 2.61 bits per heavy atom. The molecule has 126 valence electrons. The van der Waals surface area contributed by atoms with E-state index < -0.39 is 0 Å². The molecule has 0 radical (unpaired) electrons. The zero-order valence-electron chi connectivity index (χ0n) is 15.3. The summed E-state index contributed by atoms with van der Waals surface area (Å²) in [6.07, 6.45) is 14.2. The maximum Gasteiger partial charge on any atom is 0.156 e. The fourth-order valence-corrected chi connectivity index (χ4v) is 7.13. The molecule has 4 aliphatic rings. The van der Waals surface area contributed by atoms with Gasteiger partial charge in [-0.25, -0.2) is 0 Å². The van der Waals surface area contributed by atoms with E-state index in [1.54, 1.807) is 0 Å². The Kier molecular flexibility index (Phi) is 3.45. The Morgan fingerprint density at radius 2 is 1.87 bits per heavy atom. The molecular weight excluding hydrogens is 280 g/mol. The van der Waals surface area contributed by atoms with E-state index in [-0.39, 0.29) is 5.41 Å². The Hall–Kier alpha value is -0.850. The number of ketones is 1. The molecule has 0 aliphatic heterocycles. The number of hydrogen-bond acceptors (Lipinski definition) is 1. The Morgan fingerprint density at radius 1 is 1.09 bits per heavy atom. The van der Waals surface area contributed by atoms with Crippen molar-refractivity contribution in [2.24, 2.45) is 40.4 Å². The number of hydrogen-bond donors (Lipinski definition) is 0. The van der Waals surface area contributed by atoms with Gasteiger partial charge in [0.15, 0.2) is 5.78 Å². The molecule has 0 aromatic rings. The van der Waals surface area contributed by atoms with Crippen LogP contribution in [-0.2, 0) is 4.79 Å². The number of fused-ring (bicyclic) bond motifs is 5. The van der Waals surface area contributed by atoms with Gasteiger partial charge >= 0.3 is 0 Å². The minimum atomic E-state index is 0.255. The zero-order valence-corrected chi connectivity index (χ0v) is 15.3. The number of carbonyl (C=O) groups excluding carboxylic acids is 1. The van der Waals surface area contributed by atoms with Gasteiger partial charge in [0.1, 0.15) is 0 Å². The SMILES string of the molecule is CC(C)[C@H]1CC[C@H]2[C@@H]3C=CC4=CC(=O)CC[C@]4(C)[C@H]3CC[C@]12C. The van der Waals surface area contributed by atoms with Gasteiger partial charge in [-0.05, 0) is 84.2 Å². The molecular formula is C22H32O. The minimum absolute atomic E-state index is 0.255. The van der Waals surface area contributed by atoms with Crippen molar-refractivity contribution in [2.75, 3.05) is 0 Å². The first kappa shape index (κ1) is 15.7. The normalized spacial score (nSPS) is 48.7. The van der Waals surface area contributed by atoms with Crippen molar-refractivity contribution in [3.8, 4) is 0 Å². The molecule has 1 heteroatoms. The van der Waals surface area contributed by atoms with Crippen LogP contribution in [0.4, 0.5) is 0 Å². The van der Waals surface area contributed by atoms with Gasteiger partial charge in [-0.15, -0.1) is 0 Å². The quantitative estimate of drug-likeness (QED) is 0.619. The molecule has 0 aromatic carbocycles. The van der Waals surface area contributed by atoms with Gasteiger partial charge in [-0.2, -0.15) is 0 Å². The van der Waals surface area contributed by atoms with Gasteiger partial charge in [0.25, 0.3) is 0 Å². The van der Waals surface area contributed by atoms with Crippen LogP contribution in [0, 0.1) is 40.4 Å². The van der Waals surface area contributed by atoms with E-state index in [9.17, 15) is 4.79 Å². The molecule has 0 heterocycles. The second-order valence-electron chi connectivity index (χ2n) is 9.61. The molecule has 0 unspecified atom stereocenters. The van der Waals surface area contributed by atoms with E-state index in [1.165, 1.54) is 31.3 Å². The predicted molar refractivity (Wildman–Crippen MR) is 94.9 cm³/mol. The average molecular weight is 312 g/mol. The average Bonchev–Trinajstić information content (AvgIpc) is 2.85. The summed E-state index contributed by atoms with van der Waals surface area (Å²) < 4.78 is 0. The van der Waals surface area contributed by atoms with Crippen molar-refractivity contribution < 1.29 is 4.79 Å². The third-order valence-electron chi connectivity index (χ3n) is 8.39. The molecule has 23 heavy (non-hydrogen) atoms. The van der Waals surface area contributed by atoms with E-state index in [2.05, 4.69) is 39.8 Å². The summed E-state index contributed by atoms with van der Waals surface area (Å²) in [5.41, 5.74) is 2.13. The van der Waals surface area contributed by atoms with E-state index in [1.807, 2.05) is 6.08 Å². The van der Waals surface area contributed by atoms with Crippen LogP contribution in [0.15, 0.2) is 23.8 Å². The van der Waals surface area contributed by atoms with Crippen molar-refractivity contribution in [3.63, 3.8) is 0 Å². The third kappa shape index (κ3) is 2.07. The number of rotatable bonds is 1. The highest BCUT2D eigenvalue weighted by Crippen LogP contribution is 2.66. The molecule has 0 aromatic heterocycles. The largest absolute Gasteiger partial charge is 0.295 e. The fourth-order valence-electron chi connectivity index (χ4n) is 7.13. The number of allylic oxidation sites excluding steroid dienone is 4. The van der Waals surface area contributed by atoms with E-state index in [0.717, 1.165) is 42.4 Å². The molecule has 4 rings (SSSR count). The van der Waals surface area contributed by atoms with Crippen molar-refractivity contribution in [2.45, 2.75) is 66.2 Å². The fraction of sp³-hybridized carbons (Fsp3) is 0.773. The van der Waals surface area contributed by atoms with Gasteiger partial charge in [0.2, 0.25) is 0 Å². The summed E-state index contributed by atoms with van der Waals surface area (Å²) in [4.78, 5) is 11.9. The van der Waals surface area contributed by atoms with Crippen LogP contribution in [0.25, 0.3) is 0 Å². The highest BCUT2D eigenvalue weighted by molar-refractivity contribution is 5.92. The molecule has 0 bridgehead atoms. The minimum Gasteiger partial charge on any atom is -0.295 e. The topological polar surface area (TPSA) is 17.1 Å². The van der Waals surface area contributed by atoms with Crippen molar-refractivity contribution >= 4 is 5.78 Å². The summed E-state index contributed by atoms with van der Waals surface area (Å²) in [5, 5.41) is 0. The lowest BCUT2D eigenvalue weighted by molar-refractivity contribution is -0.116. The lowest BCUT2D eigenvalue weighted by Crippen LogP contribution is -2.49. The second-order valence-corrected chi connectivity index (χ2v) is 9.61. The van der Waals surface area contributed by atoms with Gasteiger partial charge < -0.3 is 0 Å². The lowest BCUT2D eigenvalue weighted by atomic mass is 9.48. The lowest BCUT2D eigenvalue weighted by Gasteiger charge is -2.56. The Labute approximate surface area is 141 Å². The van der Waals surface area contributed by atoms with Gasteiger partial charge in [-0.1, -0.05) is 39.8 Å². The van der Waals surface area contributed by atoms with E-state index >= 15 is 0 Å². The van der Waals surface area contributed by atoms with E-state index in [0.29, 0.717) is 11.2 Å². The maximum atomic E-state index is 11.9. The first-order valence-electron chi connectivity index (χ1n) is 9.79. The molecule has 1 nitrogen and oxygen atoms in total. The van der Waals surface area contributed by atoms with Crippen LogP contribution in [0.3, 0.4) is 0 Å². The summed E-state index contributed by atoms with van der Waals surface area (Å²) in [6.45, 7) is 9.90. The zero-order chi connectivity index (χ0) is 16.4. The predicted octanol–water partition coefficient (Wildman–Crippen LogP) is 5.57. The molecule has 2 fully saturated rings. The highest BCUT2D eigenvalue weighted by atomic mass is 16.1. The van der Waals surface area contributed by atoms with Crippen LogP contribution >= 0.6 is 0 Å². The Balaban J connectivity index is 1.71. The van der Waals surface area contributed by atoms with Crippen molar-refractivity contribution in [1.29, 1.82) is 0 Å². The first-order chi connectivity index (χ1) is 10.9. The van der Waals surface area contributed by atoms with Crippen LogP contribution in [0.5, 0.6) is 0 Å². The summed E-state index contributed by atoms with van der Waals surface area (Å²) in [7, 11) is 0. The van der Waals surface area contributed by atoms with Gasteiger partial charge in [0, 0.05) is 6.42 Å². The monoisotopic (exact) mass is 312 g/mol. The molecule has 2 saturated carbocycles. The molecule has 0 saturated heterocycles.